The van der Waals surface area contributed by atoms with Crippen molar-refractivity contribution in [3.63, 3.8) is 0 Å². The zero-order chi connectivity index (χ0) is 30.6. The first-order valence-corrected chi connectivity index (χ1v) is 16.7. The van der Waals surface area contributed by atoms with E-state index < -0.39 is 0 Å². The highest BCUT2D eigenvalue weighted by Crippen LogP contribution is 2.76. The third-order valence-electron chi connectivity index (χ3n) is 12.6. The topological polar surface area (TPSA) is 3.24 Å². The standard InChI is InChI=1S/C39H43Br2N/c1-24-21-25(11-20-33(24)42(29-16-12-27(40)13-17-29)30-18-14-28(41)15-19-30)26-22-31-34-32(23-26)36(4,5)38(8,9)39(34,10)37(6,7)35(31,2)3/h11-23H,1-10H3. The quantitative estimate of drug-likeness (QED) is 0.207. The summed E-state index contributed by atoms with van der Waals surface area (Å²) in [6.07, 6.45) is 0. The fraction of sp³-hybridized carbons (Fsp3) is 0.385. The van der Waals surface area contributed by atoms with E-state index in [1.54, 1.807) is 5.56 Å². The van der Waals surface area contributed by atoms with E-state index in [0.29, 0.717) is 0 Å². The van der Waals surface area contributed by atoms with E-state index in [0.717, 1.165) is 20.3 Å². The predicted molar refractivity (Wildman–Crippen MR) is 188 cm³/mol. The molecule has 0 saturated heterocycles. The van der Waals surface area contributed by atoms with Crippen molar-refractivity contribution in [1.29, 1.82) is 0 Å². The number of benzene rings is 4. The molecule has 2 aliphatic carbocycles. The Balaban J connectivity index is 1.52. The van der Waals surface area contributed by atoms with Gasteiger partial charge in [-0.1, -0.05) is 112 Å². The fourth-order valence-corrected chi connectivity index (χ4v) is 8.89. The van der Waals surface area contributed by atoms with Gasteiger partial charge in [-0.3, -0.25) is 0 Å². The molecule has 0 atom stereocenters. The van der Waals surface area contributed by atoms with Crippen molar-refractivity contribution in [2.75, 3.05) is 4.90 Å². The molecule has 1 nitrogen and oxygen atoms in total. The molecular weight excluding hydrogens is 642 g/mol. The van der Waals surface area contributed by atoms with Gasteiger partial charge in [-0.05, 0) is 123 Å². The van der Waals surface area contributed by atoms with E-state index in [1.807, 2.05) is 0 Å². The number of hydrogen-bond donors (Lipinski definition) is 0. The lowest BCUT2D eigenvalue weighted by Gasteiger charge is -2.56. The van der Waals surface area contributed by atoms with Crippen molar-refractivity contribution in [1.82, 2.24) is 0 Å². The average molecular weight is 686 g/mol. The lowest BCUT2D eigenvalue weighted by atomic mass is 9.47. The van der Waals surface area contributed by atoms with Crippen molar-refractivity contribution in [2.45, 2.75) is 85.5 Å². The maximum absolute atomic E-state index is 3.61. The second kappa shape index (κ2) is 9.32. The van der Waals surface area contributed by atoms with Crippen LogP contribution in [0.1, 0.15) is 84.6 Å². The summed E-state index contributed by atoms with van der Waals surface area (Å²) >= 11 is 7.22. The van der Waals surface area contributed by atoms with Crippen LogP contribution in [0.2, 0.25) is 0 Å². The van der Waals surface area contributed by atoms with E-state index in [1.165, 1.54) is 33.5 Å². The summed E-state index contributed by atoms with van der Waals surface area (Å²) in [5.41, 5.74) is 12.4. The minimum atomic E-state index is 0.0601. The minimum Gasteiger partial charge on any atom is -0.310 e. The molecule has 0 amide bonds. The summed E-state index contributed by atoms with van der Waals surface area (Å²) in [6.45, 7) is 24.7. The molecule has 0 unspecified atom stereocenters. The van der Waals surface area contributed by atoms with Gasteiger partial charge in [0, 0.05) is 31.4 Å². The molecule has 0 bridgehead atoms. The first-order chi connectivity index (χ1) is 19.5. The molecule has 0 aromatic heterocycles. The van der Waals surface area contributed by atoms with E-state index >= 15 is 0 Å². The second-order valence-electron chi connectivity index (χ2n) is 14.9. The van der Waals surface area contributed by atoms with Crippen LogP contribution in [-0.4, -0.2) is 0 Å². The maximum Gasteiger partial charge on any atom is 0.0491 e. The van der Waals surface area contributed by atoms with Crippen LogP contribution in [0, 0.1) is 17.8 Å². The normalized spacial score (nSPS) is 19.9. The first kappa shape index (κ1) is 29.7. The molecule has 2 aliphatic rings. The molecule has 0 N–H and O–H groups in total. The Morgan fingerprint density at radius 1 is 0.524 bits per heavy atom. The van der Waals surface area contributed by atoms with Crippen molar-refractivity contribution in [3.05, 3.63) is 110 Å². The Morgan fingerprint density at radius 2 is 0.952 bits per heavy atom. The Kier molecular flexibility index (Phi) is 6.59. The number of halogens is 2. The summed E-state index contributed by atoms with van der Waals surface area (Å²) in [7, 11) is 0. The second-order valence-corrected chi connectivity index (χ2v) is 16.7. The van der Waals surface area contributed by atoms with Crippen LogP contribution in [0.3, 0.4) is 0 Å². The van der Waals surface area contributed by atoms with E-state index in [4.69, 9.17) is 0 Å². The first-order valence-electron chi connectivity index (χ1n) is 15.1. The van der Waals surface area contributed by atoms with Crippen molar-refractivity contribution >= 4 is 48.9 Å². The largest absolute Gasteiger partial charge is 0.310 e. The molecule has 3 heteroatoms. The SMILES string of the molecule is Cc1cc(-c2cc3c4c(c2)C(C)(C)C(C)(C)C4(C)C(C)(C)C3(C)C)ccc1N(c1ccc(Br)cc1)c1ccc(Br)cc1. The van der Waals surface area contributed by atoms with Crippen molar-refractivity contribution < 1.29 is 0 Å². The Bertz CT molecular complexity index is 1610. The number of anilines is 3. The zero-order valence-corrected chi connectivity index (χ0v) is 29.9. The highest BCUT2D eigenvalue weighted by atomic mass is 79.9. The average Bonchev–Trinajstić information content (AvgIpc) is 3.14. The molecule has 218 valence electrons. The Labute approximate surface area is 270 Å². The van der Waals surface area contributed by atoms with Gasteiger partial charge >= 0.3 is 0 Å². The molecule has 6 rings (SSSR count). The van der Waals surface area contributed by atoms with Crippen LogP contribution >= 0.6 is 31.9 Å². The van der Waals surface area contributed by atoms with Crippen LogP contribution in [0.15, 0.2) is 87.8 Å². The number of rotatable bonds is 4. The monoisotopic (exact) mass is 683 g/mol. The van der Waals surface area contributed by atoms with Gasteiger partial charge in [-0.15, -0.1) is 0 Å². The van der Waals surface area contributed by atoms with Crippen LogP contribution in [0.5, 0.6) is 0 Å². The van der Waals surface area contributed by atoms with Gasteiger partial charge in [0.25, 0.3) is 0 Å². The third kappa shape index (κ3) is 3.71. The lowest BCUT2D eigenvalue weighted by Crippen LogP contribution is -2.54. The highest BCUT2D eigenvalue weighted by molar-refractivity contribution is 9.10. The van der Waals surface area contributed by atoms with Crippen LogP contribution in [0.25, 0.3) is 11.1 Å². The van der Waals surface area contributed by atoms with Gasteiger partial charge in [0.1, 0.15) is 0 Å². The number of aryl methyl sites for hydroxylation is 1. The molecule has 0 fully saturated rings. The molecule has 42 heavy (non-hydrogen) atoms. The van der Waals surface area contributed by atoms with E-state index in [9.17, 15) is 0 Å². The Hall–Kier alpha value is -2.36. The predicted octanol–water partition coefficient (Wildman–Crippen LogP) is 12.5. The van der Waals surface area contributed by atoms with Gasteiger partial charge < -0.3 is 4.90 Å². The number of hydrogen-bond acceptors (Lipinski definition) is 1. The summed E-state index contributed by atoms with van der Waals surface area (Å²) < 4.78 is 2.15. The molecule has 4 aromatic carbocycles. The molecule has 0 aliphatic heterocycles. The summed E-state index contributed by atoms with van der Waals surface area (Å²) in [4.78, 5) is 2.35. The third-order valence-corrected chi connectivity index (χ3v) is 13.6. The van der Waals surface area contributed by atoms with E-state index in [-0.39, 0.29) is 27.1 Å². The zero-order valence-electron chi connectivity index (χ0n) is 26.7. The van der Waals surface area contributed by atoms with Crippen molar-refractivity contribution in [3.8, 4) is 11.1 Å². The summed E-state index contributed by atoms with van der Waals surface area (Å²) in [6, 6.07) is 29.2. The molecular formula is C39H43Br2N. The van der Waals surface area contributed by atoms with Gasteiger partial charge in [0.15, 0.2) is 0 Å². The van der Waals surface area contributed by atoms with Gasteiger partial charge in [0.05, 0.1) is 0 Å². The smallest absolute Gasteiger partial charge is 0.0491 e. The number of nitrogens with zero attached hydrogens (tertiary/aromatic N) is 1. The van der Waals surface area contributed by atoms with E-state index in [2.05, 4.69) is 185 Å². The molecule has 0 radical (unpaired) electrons. The highest BCUT2D eigenvalue weighted by Gasteiger charge is 2.72. The molecule has 4 aromatic rings. The fourth-order valence-electron chi connectivity index (χ4n) is 8.36. The molecule has 0 heterocycles. The molecule has 0 spiro atoms. The van der Waals surface area contributed by atoms with Gasteiger partial charge in [-0.25, -0.2) is 0 Å². The van der Waals surface area contributed by atoms with Crippen LogP contribution in [-0.2, 0) is 16.2 Å². The maximum atomic E-state index is 3.61. The van der Waals surface area contributed by atoms with Crippen LogP contribution in [0.4, 0.5) is 17.1 Å². The molecule has 0 saturated carbocycles. The minimum absolute atomic E-state index is 0.0601. The lowest BCUT2D eigenvalue weighted by molar-refractivity contribution is -0.0105. The van der Waals surface area contributed by atoms with Gasteiger partial charge in [0.2, 0.25) is 0 Å². The van der Waals surface area contributed by atoms with Crippen molar-refractivity contribution in [2.24, 2.45) is 10.8 Å². The summed E-state index contributed by atoms with van der Waals surface area (Å²) in [5, 5.41) is 0. The Morgan fingerprint density at radius 3 is 1.36 bits per heavy atom. The van der Waals surface area contributed by atoms with Gasteiger partial charge in [-0.2, -0.15) is 0 Å². The summed E-state index contributed by atoms with van der Waals surface area (Å²) in [5.74, 6) is 0. The van der Waals surface area contributed by atoms with Crippen LogP contribution < -0.4 is 4.90 Å².